The SMILES string of the molecule is CCc1ccc(N(CC(=O)Nc2cccc(SC)c2)S(C)(=O)=O)cc1. The number of rotatable bonds is 7. The van der Waals surface area contributed by atoms with Crippen LogP contribution in [0.1, 0.15) is 12.5 Å². The zero-order valence-electron chi connectivity index (χ0n) is 14.5. The van der Waals surface area contributed by atoms with Crippen molar-refractivity contribution in [3.05, 3.63) is 54.1 Å². The Hall–Kier alpha value is -1.99. The maximum absolute atomic E-state index is 12.3. The van der Waals surface area contributed by atoms with Gasteiger partial charge in [-0.15, -0.1) is 11.8 Å². The molecule has 0 unspecified atom stereocenters. The average molecular weight is 379 g/mol. The van der Waals surface area contributed by atoms with Crippen LogP contribution in [-0.4, -0.2) is 33.4 Å². The summed E-state index contributed by atoms with van der Waals surface area (Å²) in [5.41, 5.74) is 2.23. The van der Waals surface area contributed by atoms with Gasteiger partial charge in [0.05, 0.1) is 11.9 Å². The van der Waals surface area contributed by atoms with Crippen molar-refractivity contribution in [3.8, 4) is 0 Å². The number of anilines is 2. The van der Waals surface area contributed by atoms with Crippen LogP contribution < -0.4 is 9.62 Å². The third-order valence-electron chi connectivity index (χ3n) is 3.67. The number of thioether (sulfide) groups is 1. The summed E-state index contributed by atoms with van der Waals surface area (Å²) in [7, 11) is -3.57. The molecule has 2 rings (SSSR count). The third-order valence-corrected chi connectivity index (χ3v) is 5.54. The van der Waals surface area contributed by atoms with Crippen LogP contribution in [0.4, 0.5) is 11.4 Å². The van der Waals surface area contributed by atoms with E-state index in [4.69, 9.17) is 0 Å². The summed E-state index contributed by atoms with van der Waals surface area (Å²) in [5.74, 6) is -0.386. The minimum Gasteiger partial charge on any atom is -0.324 e. The van der Waals surface area contributed by atoms with Gasteiger partial charge < -0.3 is 5.32 Å². The summed E-state index contributed by atoms with van der Waals surface area (Å²) >= 11 is 1.57. The Morgan fingerprint density at radius 2 is 1.84 bits per heavy atom. The summed E-state index contributed by atoms with van der Waals surface area (Å²) < 4.78 is 25.3. The summed E-state index contributed by atoms with van der Waals surface area (Å²) in [6.45, 7) is 1.76. The van der Waals surface area contributed by atoms with E-state index in [0.717, 1.165) is 27.4 Å². The topological polar surface area (TPSA) is 66.5 Å². The van der Waals surface area contributed by atoms with Crippen molar-refractivity contribution in [3.63, 3.8) is 0 Å². The van der Waals surface area contributed by atoms with Gasteiger partial charge >= 0.3 is 0 Å². The molecule has 0 saturated carbocycles. The van der Waals surface area contributed by atoms with Crippen LogP contribution in [0.3, 0.4) is 0 Å². The molecule has 0 spiro atoms. The fraction of sp³-hybridized carbons (Fsp3) is 0.278. The largest absolute Gasteiger partial charge is 0.324 e. The molecule has 2 aromatic rings. The molecule has 25 heavy (non-hydrogen) atoms. The molecule has 0 fully saturated rings. The number of amides is 1. The maximum atomic E-state index is 12.3. The van der Waals surface area contributed by atoms with Gasteiger partial charge in [-0.25, -0.2) is 8.42 Å². The molecule has 0 radical (unpaired) electrons. The molecule has 5 nitrogen and oxygen atoms in total. The highest BCUT2D eigenvalue weighted by Gasteiger charge is 2.20. The van der Waals surface area contributed by atoms with Crippen molar-refractivity contribution in [1.82, 2.24) is 0 Å². The van der Waals surface area contributed by atoms with Gasteiger partial charge in [-0.3, -0.25) is 9.10 Å². The maximum Gasteiger partial charge on any atom is 0.245 e. The lowest BCUT2D eigenvalue weighted by Crippen LogP contribution is -2.37. The van der Waals surface area contributed by atoms with Crippen molar-refractivity contribution in [2.24, 2.45) is 0 Å². The van der Waals surface area contributed by atoms with Gasteiger partial charge in [0.2, 0.25) is 15.9 Å². The quantitative estimate of drug-likeness (QED) is 0.750. The molecule has 0 aromatic heterocycles. The van der Waals surface area contributed by atoms with E-state index in [1.165, 1.54) is 0 Å². The van der Waals surface area contributed by atoms with Crippen LogP contribution >= 0.6 is 11.8 Å². The van der Waals surface area contributed by atoms with E-state index in [1.807, 2.05) is 43.5 Å². The molecule has 0 atom stereocenters. The normalized spacial score (nSPS) is 11.2. The molecule has 0 aliphatic heterocycles. The second-order valence-corrected chi connectivity index (χ2v) is 8.36. The van der Waals surface area contributed by atoms with Crippen LogP contribution in [0.25, 0.3) is 0 Å². The fourth-order valence-electron chi connectivity index (χ4n) is 2.33. The number of carbonyl (C=O) groups excluding carboxylic acids is 1. The van der Waals surface area contributed by atoms with Crippen LogP contribution in [0.5, 0.6) is 0 Å². The number of nitrogens with one attached hydrogen (secondary N) is 1. The molecule has 0 saturated heterocycles. The van der Waals surface area contributed by atoms with Gasteiger partial charge in [0.15, 0.2) is 0 Å². The van der Waals surface area contributed by atoms with Gasteiger partial charge in [0.1, 0.15) is 6.54 Å². The van der Waals surface area contributed by atoms with Crippen LogP contribution in [0.2, 0.25) is 0 Å². The first-order chi connectivity index (χ1) is 11.8. The summed E-state index contributed by atoms with van der Waals surface area (Å²) in [5, 5.41) is 2.75. The van der Waals surface area contributed by atoms with Crippen LogP contribution in [0, 0.1) is 0 Å². The van der Waals surface area contributed by atoms with Crippen molar-refractivity contribution >= 4 is 39.1 Å². The number of hydrogen-bond donors (Lipinski definition) is 1. The third kappa shape index (κ3) is 5.51. The van der Waals surface area contributed by atoms with Gasteiger partial charge in [-0.2, -0.15) is 0 Å². The highest BCUT2D eigenvalue weighted by molar-refractivity contribution is 7.98. The number of aryl methyl sites for hydroxylation is 1. The Morgan fingerprint density at radius 1 is 1.16 bits per heavy atom. The van der Waals surface area contributed by atoms with Gasteiger partial charge in [0.25, 0.3) is 0 Å². The first-order valence-electron chi connectivity index (χ1n) is 7.84. The van der Waals surface area contributed by atoms with E-state index in [2.05, 4.69) is 5.32 Å². The lowest BCUT2D eigenvalue weighted by atomic mass is 10.1. The van der Waals surface area contributed by atoms with E-state index in [-0.39, 0.29) is 12.5 Å². The van der Waals surface area contributed by atoms with Crippen molar-refractivity contribution in [2.75, 3.05) is 28.7 Å². The minimum absolute atomic E-state index is 0.270. The lowest BCUT2D eigenvalue weighted by molar-refractivity contribution is -0.114. The Kier molecular flexibility index (Phi) is 6.50. The second kappa shape index (κ2) is 8.40. The number of nitrogens with zero attached hydrogens (tertiary/aromatic N) is 1. The average Bonchev–Trinajstić information content (AvgIpc) is 2.59. The molecule has 1 N–H and O–H groups in total. The Balaban J connectivity index is 2.17. The molecule has 2 aromatic carbocycles. The summed E-state index contributed by atoms with van der Waals surface area (Å²) in [4.78, 5) is 13.4. The van der Waals surface area contributed by atoms with Crippen LogP contribution in [-0.2, 0) is 21.2 Å². The standard InChI is InChI=1S/C18H22N2O3S2/c1-4-14-8-10-16(11-9-14)20(25(3,22)23)13-18(21)19-15-6-5-7-17(12-15)24-2/h5-12H,4,13H2,1-3H3,(H,19,21). The molecule has 1 amide bonds. The number of benzene rings is 2. The van der Waals surface area contributed by atoms with Crippen molar-refractivity contribution in [2.45, 2.75) is 18.2 Å². The summed E-state index contributed by atoms with van der Waals surface area (Å²) in [6.07, 6.45) is 3.92. The minimum atomic E-state index is -3.57. The lowest BCUT2D eigenvalue weighted by Gasteiger charge is -2.22. The molecule has 0 bridgehead atoms. The summed E-state index contributed by atoms with van der Waals surface area (Å²) in [6, 6.07) is 14.6. The van der Waals surface area contributed by atoms with Gasteiger partial charge in [-0.05, 0) is 48.6 Å². The highest BCUT2D eigenvalue weighted by Crippen LogP contribution is 2.21. The zero-order valence-corrected chi connectivity index (χ0v) is 16.2. The smallest absolute Gasteiger partial charge is 0.245 e. The molecule has 134 valence electrons. The molecule has 0 heterocycles. The zero-order chi connectivity index (χ0) is 18.4. The predicted molar refractivity (Wildman–Crippen MR) is 105 cm³/mol. The molecular formula is C18H22N2O3S2. The van der Waals surface area contributed by atoms with E-state index < -0.39 is 10.0 Å². The van der Waals surface area contributed by atoms with E-state index >= 15 is 0 Å². The Morgan fingerprint density at radius 3 is 2.40 bits per heavy atom. The number of hydrogen-bond acceptors (Lipinski definition) is 4. The monoisotopic (exact) mass is 378 g/mol. The fourth-order valence-corrected chi connectivity index (χ4v) is 3.65. The predicted octanol–water partition coefficient (Wildman–Crippen LogP) is 3.38. The van der Waals surface area contributed by atoms with E-state index in [0.29, 0.717) is 11.4 Å². The first kappa shape index (κ1) is 19.3. The molecule has 7 heteroatoms. The Bertz CT molecular complexity index is 834. The van der Waals surface area contributed by atoms with Crippen molar-refractivity contribution < 1.29 is 13.2 Å². The first-order valence-corrected chi connectivity index (χ1v) is 10.9. The van der Waals surface area contributed by atoms with E-state index in [1.54, 1.807) is 30.0 Å². The highest BCUT2D eigenvalue weighted by atomic mass is 32.2. The van der Waals surface area contributed by atoms with Gasteiger partial charge in [-0.1, -0.05) is 25.1 Å². The van der Waals surface area contributed by atoms with Crippen LogP contribution in [0.15, 0.2) is 53.4 Å². The molecule has 0 aliphatic rings. The Labute approximate surface area is 153 Å². The number of sulfonamides is 1. The second-order valence-electron chi connectivity index (χ2n) is 5.57. The van der Waals surface area contributed by atoms with E-state index in [9.17, 15) is 13.2 Å². The molecule has 0 aliphatic carbocycles. The van der Waals surface area contributed by atoms with Crippen molar-refractivity contribution in [1.29, 1.82) is 0 Å². The van der Waals surface area contributed by atoms with Gasteiger partial charge in [0, 0.05) is 10.6 Å². The molecular weight excluding hydrogens is 356 g/mol. The number of carbonyl (C=O) groups is 1.